The number of hydrogen-bond acceptors (Lipinski definition) is 4. The minimum absolute atomic E-state index is 0.0817. The fourth-order valence-corrected chi connectivity index (χ4v) is 1.77. The van der Waals surface area contributed by atoms with Gasteiger partial charge in [0, 0.05) is 11.1 Å². The second-order valence-corrected chi connectivity index (χ2v) is 4.55. The molecule has 0 atom stereocenters. The number of hydrazone groups is 1. The van der Waals surface area contributed by atoms with Crippen molar-refractivity contribution in [1.29, 1.82) is 5.26 Å². The molecule has 0 radical (unpaired) electrons. The van der Waals surface area contributed by atoms with E-state index in [1.807, 2.05) is 0 Å². The Kier molecular flexibility index (Phi) is 5.83. The molecule has 0 saturated heterocycles. The molecular formula is C17H14FN3O2. The average Bonchev–Trinajstić information content (AvgIpc) is 2.55. The fourth-order valence-electron chi connectivity index (χ4n) is 1.77. The fraction of sp³-hybridized carbons (Fsp3) is 0.118. The van der Waals surface area contributed by atoms with E-state index in [-0.39, 0.29) is 18.8 Å². The summed E-state index contributed by atoms with van der Waals surface area (Å²) in [7, 11) is 0. The van der Waals surface area contributed by atoms with Gasteiger partial charge in [-0.05, 0) is 18.2 Å². The first-order valence-electron chi connectivity index (χ1n) is 6.85. The van der Waals surface area contributed by atoms with Gasteiger partial charge in [0.15, 0.2) is 0 Å². The van der Waals surface area contributed by atoms with Crippen molar-refractivity contribution in [3.8, 4) is 11.8 Å². The van der Waals surface area contributed by atoms with Gasteiger partial charge in [0.25, 0.3) is 5.91 Å². The molecule has 5 nitrogen and oxygen atoms in total. The van der Waals surface area contributed by atoms with Gasteiger partial charge in [-0.25, -0.2) is 9.82 Å². The van der Waals surface area contributed by atoms with Crippen molar-refractivity contribution >= 4 is 12.1 Å². The van der Waals surface area contributed by atoms with E-state index < -0.39 is 5.91 Å². The molecule has 0 heterocycles. The van der Waals surface area contributed by atoms with Crippen molar-refractivity contribution in [2.45, 2.75) is 13.0 Å². The SMILES string of the molecule is N#CCC(=O)N/N=C\c1ccccc1OCc1ccccc1F. The molecule has 0 aromatic heterocycles. The third-order valence-electron chi connectivity index (χ3n) is 2.89. The smallest absolute Gasteiger partial charge is 0.254 e. The van der Waals surface area contributed by atoms with Gasteiger partial charge in [-0.15, -0.1) is 0 Å². The molecule has 116 valence electrons. The summed E-state index contributed by atoms with van der Waals surface area (Å²) in [5, 5.41) is 12.1. The first-order chi connectivity index (χ1) is 11.2. The Bertz CT molecular complexity index is 753. The molecule has 0 spiro atoms. The predicted octanol–water partition coefficient (Wildman–Crippen LogP) is 2.77. The highest BCUT2D eigenvalue weighted by molar-refractivity contribution is 5.85. The highest BCUT2D eigenvalue weighted by Crippen LogP contribution is 2.18. The Morgan fingerprint density at radius 1 is 1.26 bits per heavy atom. The van der Waals surface area contributed by atoms with Crippen LogP contribution in [0.3, 0.4) is 0 Å². The predicted molar refractivity (Wildman–Crippen MR) is 83.1 cm³/mol. The maximum absolute atomic E-state index is 13.6. The number of carbonyl (C=O) groups is 1. The maximum atomic E-state index is 13.6. The van der Waals surface area contributed by atoms with Crippen LogP contribution in [0.2, 0.25) is 0 Å². The minimum Gasteiger partial charge on any atom is -0.488 e. The Hall–Kier alpha value is -3.20. The number of benzene rings is 2. The zero-order valence-corrected chi connectivity index (χ0v) is 12.2. The van der Waals surface area contributed by atoms with Gasteiger partial charge in [-0.3, -0.25) is 4.79 Å². The van der Waals surface area contributed by atoms with Crippen LogP contribution in [0.5, 0.6) is 5.75 Å². The van der Waals surface area contributed by atoms with Crippen molar-refractivity contribution < 1.29 is 13.9 Å². The Morgan fingerprint density at radius 2 is 2.00 bits per heavy atom. The van der Waals surface area contributed by atoms with Gasteiger partial charge >= 0.3 is 0 Å². The van der Waals surface area contributed by atoms with Gasteiger partial charge in [0.2, 0.25) is 0 Å². The second-order valence-electron chi connectivity index (χ2n) is 4.55. The van der Waals surface area contributed by atoms with Crippen molar-refractivity contribution in [1.82, 2.24) is 5.43 Å². The summed E-state index contributed by atoms with van der Waals surface area (Å²) in [4.78, 5) is 11.1. The third-order valence-corrected chi connectivity index (χ3v) is 2.89. The largest absolute Gasteiger partial charge is 0.488 e. The summed E-state index contributed by atoms with van der Waals surface area (Å²) in [6.45, 7) is 0.0817. The van der Waals surface area contributed by atoms with E-state index >= 15 is 0 Å². The van der Waals surface area contributed by atoms with Crippen LogP contribution in [0.1, 0.15) is 17.5 Å². The molecule has 2 aromatic carbocycles. The van der Waals surface area contributed by atoms with Crippen LogP contribution in [-0.4, -0.2) is 12.1 Å². The Labute approximate surface area is 133 Å². The van der Waals surface area contributed by atoms with E-state index in [0.29, 0.717) is 16.9 Å². The van der Waals surface area contributed by atoms with Crippen molar-refractivity contribution in [2.75, 3.05) is 0 Å². The molecule has 0 saturated carbocycles. The molecule has 1 N–H and O–H groups in total. The maximum Gasteiger partial charge on any atom is 0.254 e. The first-order valence-corrected chi connectivity index (χ1v) is 6.85. The Morgan fingerprint density at radius 3 is 2.78 bits per heavy atom. The van der Waals surface area contributed by atoms with Crippen LogP contribution in [0, 0.1) is 17.1 Å². The molecule has 0 fully saturated rings. The molecule has 0 unspecified atom stereocenters. The van der Waals surface area contributed by atoms with Gasteiger partial charge in [0.05, 0.1) is 12.3 Å². The molecule has 0 aliphatic carbocycles. The number of amides is 1. The molecule has 6 heteroatoms. The summed E-state index contributed by atoms with van der Waals surface area (Å²) in [5.74, 6) is -0.315. The topological polar surface area (TPSA) is 74.5 Å². The number of para-hydroxylation sites is 1. The minimum atomic E-state index is -0.492. The van der Waals surface area contributed by atoms with E-state index in [9.17, 15) is 9.18 Å². The van der Waals surface area contributed by atoms with Crippen LogP contribution < -0.4 is 10.2 Å². The van der Waals surface area contributed by atoms with Gasteiger partial charge < -0.3 is 4.74 Å². The molecular weight excluding hydrogens is 297 g/mol. The quantitative estimate of drug-likeness (QED) is 0.658. The molecule has 0 aliphatic rings. The number of halogens is 1. The summed E-state index contributed by atoms with van der Waals surface area (Å²) >= 11 is 0. The number of ether oxygens (including phenoxy) is 1. The number of nitriles is 1. The standard InChI is InChI=1S/C17H14FN3O2/c18-15-7-3-1-6-14(15)12-23-16-8-4-2-5-13(16)11-20-21-17(22)9-10-19/h1-8,11H,9,12H2,(H,21,22)/b20-11-. The molecule has 0 aliphatic heterocycles. The van der Waals surface area contributed by atoms with Crippen molar-refractivity contribution in [3.05, 3.63) is 65.5 Å². The van der Waals surface area contributed by atoms with Gasteiger partial charge in [0.1, 0.15) is 24.6 Å². The highest BCUT2D eigenvalue weighted by atomic mass is 19.1. The number of carbonyl (C=O) groups excluding carboxylic acids is 1. The molecule has 0 bridgehead atoms. The lowest BCUT2D eigenvalue weighted by Crippen LogP contribution is -2.16. The van der Waals surface area contributed by atoms with Crippen LogP contribution >= 0.6 is 0 Å². The van der Waals surface area contributed by atoms with E-state index in [4.69, 9.17) is 10.00 Å². The number of nitrogens with one attached hydrogen (secondary N) is 1. The van der Waals surface area contributed by atoms with Gasteiger partial charge in [-0.1, -0.05) is 30.3 Å². The highest BCUT2D eigenvalue weighted by Gasteiger charge is 2.05. The van der Waals surface area contributed by atoms with Crippen LogP contribution in [0.25, 0.3) is 0 Å². The van der Waals surface area contributed by atoms with E-state index in [1.165, 1.54) is 12.3 Å². The van der Waals surface area contributed by atoms with Crippen LogP contribution in [0.4, 0.5) is 4.39 Å². The Balaban J connectivity index is 2.03. The van der Waals surface area contributed by atoms with E-state index in [2.05, 4.69) is 10.5 Å². The number of hydrogen-bond donors (Lipinski definition) is 1. The van der Waals surface area contributed by atoms with Crippen LogP contribution in [-0.2, 0) is 11.4 Å². The lowest BCUT2D eigenvalue weighted by Gasteiger charge is -2.09. The zero-order chi connectivity index (χ0) is 16.5. The summed E-state index contributed by atoms with van der Waals surface area (Å²) < 4.78 is 19.2. The molecule has 1 amide bonds. The lowest BCUT2D eigenvalue weighted by atomic mass is 10.2. The number of nitrogens with zero attached hydrogens (tertiary/aromatic N) is 2. The first kappa shape index (κ1) is 16.2. The van der Waals surface area contributed by atoms with Crippen LogP contribution in [0.15, 0.2) is 53.6 Å². The van der Waals surface area contributed by atoms with Gasteiger partial charge in [-0.2, -0.15) is 10.4 Å². The normalized spacial score (nSPS) is 10.3. The average molecular weight is 311 g/mol. The molecule has 2 rings (SSSR count). The van der Waals surface area contributed by atoms with E-state index in [0.717, 1.165) is 0 Å². The number of rotatable bonds is 6. The second kappa shape index (κ2) is 8.29. The third kappa shape index (κ3) is 4.93. The molecule has 2 aromatic rings. The zero-order valence-electron chi connectivity index (χ0n) is 12.2. The monoisotopic (exact) mass is 311 g/mol. The van der Waals surface area contributed by atoms with Crippen molar-refractivity contribution in [2.24, 2.45) is 5.10 Å². The van der Waals surface area contributed by atoms with E-state index in [1.54, 1.807) is 48.5 Å². The summed E-state index contributed by atoms with van der Waals surface area (Å²) in [6.07, 6.45) is 1.15. The lowest BCUT2D eigenvalue weighted by molar-refractivity contribution is -0.120. The molecule has 23 heavy (non-hydrogen) atoms. The summed E-state index contributed by atoms with van der Waals surface area (Å²) in [5.41, 5.74) is 3.31. The van der Waals surface area contributed by atoms with Crippen molar-refractivity contribution in [3.63, 3.8) is 0 Å². The summed E-state index contributed by atoms with van der Waals surface area (Å²) in [6, 6.07) is 15.1.